The first-order valence-corrected chi connectivity index (χ1v) is 5.40. The Bertz CT molecular complexity index is 613. The molecule has 5 nitrogen and oxygen atoms in total. The van der Waals surface area contributed by atoms with Gasteiger partial charge in [-0.3, -0.25) is 0 Å². The van der Waals surface area contributed by atoms with Gasteiger partial charge in [0.15, 0.2) is 11.0 Å². The van der Waals surface area contributed by atoms with Gasteiger partial charge in [0.25, 0.3) is 0 Å². The van der Waals surface area contributed by atoms with E-state index in [0.29, 0.717) is 16.9 Å². The Balaban J connectivity index is 1.92. The van der Waals surface area contributed by atoms with E-state index in [4.69, 9.17) is 11.6 Å². The van der Waals surface area contributed by atoms with Crippen molar-refractivity contribution in [2.24, 2.45) is 0 Å². The van der Waals surface area contributed by atoms with Gasteiger partial charge < -0.3 is 10.3 Å². The minimum Gasteiger partial charge on any atom is -0.324 e. The van der Waals surface area contributed by atoms with Gasteiger partial charge in [-0.05, 0) is 24.3 Å². The number of anilines is 2. The van der Waals surface area contributed by atoms with Crippen LogP contribution < -0.4 is 5.32 Å². The van der Waals surface area contributed by atoms with E-state index in [1.165, 1.54) is 0 Å². The number of aromatic nitrogens is 4. The molecule has 84 valence electrons. The number of hydrogen-bond acceptors (Lipinski definition) is 4. The summed E-state index contributed by atoms with van der Waals surface area (Å²) < 4.78 is 0. The third-order valence-corrected chi connectivity index (χ3v) is 2.47. The highest BCUT2D eigenvalue weighted by atomic mass is 35.5. The van der Waals surface area contributed by atoms with Gasteiger partial charge >= 0.3 is 0 Å². The average molecular weight is 246 g/mol. The number of nitrogens with zero attached hydrogens (tertiary/aromatic N) is 3. The van der Waals surface area contributed by atoms with Crippen molar-refractivity contribution >= 4 is 34.4 Å². The Morgan fingerprint density at radius 3 is 2.71 bits per heavy atom. The van der Waals surface area contributed by atoms with Gasteiger partial charge in [0, 0.05) is 0 Å². The molecule has 0 unspecified atom stereocenters. The molecule has 0 aliphatic carbocycles. The second-order valence-electron chi connectivity index (χ2n) is 3.47. The SMILES string of the molecule is Clc1ccc(Nc2nc3ccccc3[nH]2)nn1. The van der Waals surface area contributed by atoms with Gasteiger partial charge in [-0.15, -0.1) is 10.2 Å². The Labute approximate surface area is 102 Å². The lowest BCUT2D eigenvalue weighted by Gasteiger charge is -1.99. The molecule has 6 heteroatoms. The van der Waals surface area contributed by atoms with Gasteiger partial charge in [-0.25, -0.2) is 4.98 Å². The Morgan fingerprint density at radius 2 is 1.94 bits per heavy atom. The first-order chi connectivity index (χ1) is 8.31. The van der Waals surface area contributed by atoms with Crippen LogP contribution in [0.5, 0.6) is 0 Å². The maximum atomic E-state index is 5.65. The van der Waals surface area contributed by atoms with Crippen molar-refractivity contribution in [2.75, 3.05) is 5.32 Å². The molecule has 2 aromatic heterocycles. The molecule has 0 radical (unpaired) electrons. The molecule has 0 aliphatic heterocycles. The minimum atomic E-state index is 0.361. The second kappa shape index (κ2) is 4.03. The molecular weight excluding hydrogens is 238 g/mol. The molecule has 0 amide bonds. The predicted octanol–water partition coefficient (Wildman–Crippen LogP) is 2.75. The van der Waals surface area contributed by atoms with E-state index in [9.17, 15) is 0 Å². The molecule has 3 aromatic rings. The van der Waals surface area contributed by atoms with Gasteiger partial charge in [-0.1, -0.05) is 23.7 Å². The second-order valence-corrected chi connectivity index (χ2v) is 3.86. The van der Waals surface area contributed by atoms with Crippen molar-refractivity contribution < 1.29 is 0 Å². The van der Waals surface area contributed by atoms with E-state index in [0.717, 1.165) is 11.0 Å². The number of halogens is 1. The van der Waals surface area contributed by atoms with Crippen molar-refractivity contribution in [1.29, 1.82) is 0 Å². The molecule has 0 spiro atoms. The van der Waals surface area contributed by atoms with E-state index < -0.39 is 0 Å². The molecule has 0 atom stereocenters. The Kier molecular flexibility index (Phi) is 2.38. The smallest absolute Gasteiger partial charge is 0.206 e. The molecule has 0 aliphatic rings. The van der Waals surface area contributed by atoms with Crippen LogP contribution in [-0.2, 0) is 0 Å². The van der Waals surface area contributed by atoms with Crippen LogP contribution in [0.3, 0.4) is 0 Å². The monoisotopic (exact) mass is 245 g/mol. The number of imidazole rings is 1. The van der Waals surface area contributed by atoms with Gasteiger partial charge in [0.1, 0.15) is 0 Å². The lowest BCUT2D eigenvalue weighted by Crippen LogP contribution is -1.96. The summed E-state index contributed by atoms with van der Waals surface area (Å²) in [6.07, 6.45) is 0. The topological polar surface area (TPSA) is 66.5 Å². The zero-order valence-electron chi connectivity index (χ0n) is 8.68. The fourth-order valence-corrected chi connectivity index (χ4v) is 1.62. The number of fused-ring (bicyclic) bond motifs is 1. The molecule has 1 aromatic carbocycles. The highest BCUT2D eigenvalue weighted by Crippen LogP contribution is 2.16. The van der Waals surface area contributed by atoms with E-state index in [-0.39, 0.29) is 0 Å². The van der Waals surface area contributed by atoms with Crippen LogP contribution in [0, 0.1) is 0 Å². The standard InChI is InChI=1S/C11H8ClN5/c12-9-5-6-10(17-16-9)15-11-13-7-3-1-2-4-8(7)14-11/h1-6H,(H2,13,14,15,17). The molecule has 3 rings (SSSR count). The van der Waals surface area contributed by atoms with E-state index in [2.05, 4.69) is 25.5 Å². The lowest BCUT2D eigenvalue weighted by atomic mass is 10.3. The summed E-state index contributed by atoms with van der Waals surface area (Å²) in [5.41, 5.74) is 1.87. The number of benzene rings is 1. The summed E-state index contributed by atoms with van der Waals surface area (Å²) in [7, 11) is 0. The minimum absolute atomic E-state index is 0.361. The molecule has 17 heavy (non-hydrogen) atoms. The molecule has 0 fully saturated rings. The summed E-state index contributed by atoms with van der Waals surface area (Å²) in [4.78, 5) is 7.50. The largest absolute Gasteiger partial charge is 0.324 e. The van der Waals surface area contributed by atoms with Gasteiger partial charge in [0.05, 0.1) is 11.0 Å². The zero-order valence-corrected chi connectivity index (χ0v) is 9.44. The highest BCUT2D eigenvalue weighted by molar-refractivity contribution is 6.29. The number of hydrogen-bond donors (Lipinski definition) is 2. The van der Waals surface area contributed by atoms with Crippen molar-refractivity contribution in [2.45, 2.75) is 0 Å². The third kappa shape index (κ3) is 2.05. The third-order valence-electron chi connectivity index (χ3n) is 2.27. The Hall–Kier alpha value is -2.14. The van der Waals surface area contributed by atoms with Crippen LogP contribution in [0.15, 0.2) is 36.4 Å². The number of H-pyrrole nitrogens is 1. The van der Waals surface area contributed by atoms with E-state index >= 15 is 0 Å². The quantitative estimate of drug-likeness (QED) is 0.729. The fourth-order valence-electron chi connectivity index (χ4n) is 1.52. The van der Waals surface area contributed by atoms with Crippen molar-refractivity contribution in [3.05, 3.63) is 41.6 Å². The molecular formula is C11H8ClN5. The van der Waals surface area contributed by atoms with E-state index in [1.807, 2.05) is 24.3 Å². The summed E-state index contributed by atoms with van der Waals surface area (Å²) >= 11 is 5.65. The van der Waals surface area contributed by atoms with Crippen LogP contribution in [0.1, 0.15) is 0 Å². The fraction of sp³-hybridized carbons (Fsp3) is 0. The highest BCUT2D eigenvalue weighted by Gasteiger charge is 2.02. The Morgan fingerprint density at radius 1 is 1.06 bits per heavy atom. The maximum absolute atomic E-state index is 5.65. The normalized spacial score (nSPS) is 10.6. The van der Waals surface area contributed by atoms with Crippen molar-refractivity contribution in [3.8, 4) is 0 Å². The zero-order chi connectivity index (χ0) is 11.7. The van der Waals surface area contributed by atoms with Gasteiger partial charge in [-0.2, -0.15) is 0 Å². The van der Waals surface area contributed by atoms with Crippen LogP contribution >= 0.6 is 11.6 Å². The summed E-state index contributed by atoms with van der Waals surface area (Å²) in [6.45, 7) is 0. The maximum Gasteiger partial charge on any atom is 0.206 e. The number of aromatic amines is 1. The molecule has 0 saturated carbocycles. The van der Waals surface area contributed by atoms with E-state index in [1.54, 1.807) is 12.1 Å². The van der Waals surface area contributed by atoms with Crippen LogP contribution in [0.2, 0.25) is 5.15 Å². The van der Waals surface area contributed by atoms with Crippen LogP contribution in [0.25, 0.3) is 11.0 Å². The molecule has 0 bridgehead atoms. The average Bonchev–Trinajstić information content (AvgIpc) is 2.74. The van der Waals surface area contributed by atoms with Gasteiger partial charge in [0.2, 0.25) is 5.95 Å². The number of para-hydroxylation sites is 2. The summed E-state index contributed by atoms with van der Waals surface area (Å²) in [5.74, 6) is 1.22. The van der Waals surface area contributed by atoms with Crippen LogP contribution in [0.4, 0.5) is 11.8 Å². The molecule has 2 heterocycles. The summed E-state index contributed by atoms with van der Waals surface area (Å²) in [5, 5.41) is 11.0. The number of nitrogens with one attached hydrogen (secondary N) is 2. The van der Waals surface area contributed by atoms with Crippen molar-refractivity contribution in [3.63, 3.8) is 0 Å². The number of rotatable bonds is 2. The lowest BCUT2D eigenvalue weighted by molar-refractivity contribution is 1.03. The van der Waals surface area contributed by atoms with Crippen LogP contribution in [-0.4, -0.2) is 20.2 Å². The predicted molar refractivity (Wildman–Crippen MR) is 66.4 cm³/mol. The summed E-state index contributed by atoms with van der Waals surface area (Å²) in [6, 6.07) is 11.2. The first kappa shape index (κ1) is 10.0. The molecule has 2 N–H and O–H groups in total. The van der Waals surface area contributed by atoms with Crippen molar-refractivity contribution in [1.82, 2.24) is 20.2 Å². The first-order valence-electron chi connectivity index (χ1n) is 5.02. The molecule has 0 saturated heterocycles.